The first-order valence-corrected chi connectivity index (χ1v) is 9.74. The normalized spacial score (nSPS) is 22.4. The topological polar surface area (TPSA) is 48.4 Å². The summed E-state index contributed by atoms with van der Waals surface area (Å²) in [5, 5.41) is 0. The van der Waals surface area contributed by atoms with E-state index in [2.05, 4.69) is 4.98 Å². The van der Waals surface area contributed by atoms with E-state index < -0.39 is 5.60 Å². The lowest BCUT2D eigenvalue weighted by Crippen LogP contribution is -2.26. The van der Waals surface area contributed by atoms with Gasteiger partial charge in [0.2, 0.25) is 5.88 Å². The molecule has 6 heteroatoms. The number of rotatable bonds is 4. The fourth-order valence-electron chi connectivity index (χ4n) is 4.14. The maximum atomic E-state index is 14.1. The molecule has 146 valence electrons. The molecule has 3 atom stereocenters. The Balaban J connectivity index is 1.42. The van der Waals surface area contributed by atoms with Crippen LogP contribution in [-0.4, -0.2) is 24.4 Å². The van der Waals surface area contributed by atoms with Crippen molar-refractivity contribution < 1.29 is 18.7 Å². The number of pyridine rings is 1. The van der Waals surface area contributed by atoms with Crippen LogP contribution in [0.25, 0.3) is 0 Å². The molecular formula is C22H25BFNO3. The van der Waals surface area contributed by atoms with E-state index in [9.17, 15) is 9.18 Å². The van der Waals surface area contributed by atoms with Gasteiger partial charge in [0.25, 0.3) is 0 Å². The van der Waals surface area contributed by atoms with Crippen molar-refractivity contribution in [1.29, 1.82) is 0 Å². The van der Waals surface area contributed by atoms with Crippen molar-refractivity contribution in [2.45, 2.75) is 52.2 Å². The monoisotopic (exact) mass is 381 g/mol. The molecule has 0 N–H and O–H groups in total. The molecule has 1 aromatic carbocycles. The third kappa shape index (κ3) is 3.52. The van der Waals surface area contributed by atoms with Crippen LogP contribution in [0.2, 0.25) is 0 Å². The Morgan fingerprint density at radius 2 is 2.07 bits per heavy atom. The summed E-state index contributed by atoms with van der Waals surface area (Å²) in [4.78, 5) is 16.7. The Kier molecular flexibility index (Phi) is 4.48. The van der Waals surface area contributed by atoms with Gasteiger partial charge < -0.3 is 9.47 Å². The number of hydrogen-bond donors (Lipinski definition) is 0. The highest BCUT2D eigenvalue weighted by molar-refractivity contribution is 6.33. The van der Waals surface area contributed by atoms with Crippen molar-refractivity contribution in [3.63, 3.8) is 0 Å². The van der Waals surface area contributed by atoms with E-state index in [4.69, 9.17) is 9.47 Å². The maximum Gasteiger partial charge on any atom is 0.310 e. The third-order valence-corrected chi connectivity index (χ3v) is 5.70. The van der Waals surface area contributed by atoms with Gasteiger partial charge in [-0.1, -0.05) is 17.1 Å². The van der Waals surface area contributed by atoms with Crippen LogP contribution in [0.4, 0.5) is 4.39 Å². The second-order valence-electron chi connectivity index (χ2n) is 8.99. The number of aromatic nitrogens is 1. The summed E-state index contributed by atoms with van der Waals surface area (Å²) < 4.78 is 25.4. The third-order valence-electron chi connectivity index (χ3n) is 5.70. The number of carbonyl (C=O) groups is 1. The molecule has 1 aromatic heterocycles. The molecule has 2 aliphatic carbocycles. The van der Waals surface area contributed by atoms with E-state index in [-0.39, 0.29) is 30.2 Å². The molecule has 0 saturated heterocycles. The van der Waals surface area contributed by atoms with Gasteiger partial charge in [-0.2, -0.15) is 0 Å². The highest BCUT2D eigenvalue weighted by atomic mass is 19.1. The summed E-state index contributed by atoms with van der Waals surface area (Å²) in [6.45, 7) is 7.70. The Labute approximate surface area is 165 Å². The van der Waals surface area contributed by atoms with E-state index in [1.165, 1.54) is 11.6 Å². The first-order chi connectivity index (χ1) is 13.1. The van der Waals surface area contributed by atoms with E-state index in [0.29, 0.717) is 17.4 Å². The van der Waals surface area contributed by atoms with E-state index in [1.807, 2.05) is 47.7 Å². The summed E-state index contributed by atoms with van der Waals surface area (Å²) in [7, 11) is 1.96. The number of hydrogen-bond acceptors (Lipinski definition) is 4. The molecule has 1 saturated carbocycles. The predicted molar refractivity (Wildman–Crippen MR) is 107 cm³/mol. The molecule has 0 spiro atoms. The molecule has 0 unspecified atom stereocenters. The number of esters is 1. The van der Waals surface area contributed by atoms with Crippen LogP contribution in [-0.2, 0) is 22.6 Å². The number of ether oxygens (including phenoxy) is 2. The van der Waals surface area contributed by atoms with E-state index >= 15 is 0 Å². The predicted octanol–water partition coefficient (Wildman–Crippen LogP) is 2.59. The Hall–Kier alpha value is -2.37. The average molecular weight is 381 g/mol. The number of aryl methyl sites for hydroxylation is 1. The van der Waals surface area contributed by atoms with Crippen molar-refractivity contribution in [3.05, 3.63) is 52.5 Å². The number of carbonyl (C=O) groups excluding carboxylic acids is 1. The van der Waals surface area contributed by atoms with E-state index in [0.717, 1.165) is 23.0 Å². The summed E-state index contributed by atoms with van der Waals surface area (Å²) in [6.07, 6.45) is 2.64. The molecule has 0 amide bonds. The summed E-state index contributed by atoms with van der Waals surface area (Å²) in [5.41, 5.74) is 4.31. The second kappa shape index (κ2) is 6.61. The quantitative estimate of drug-likeness (QED) is 0.604. The highest BCUT2D eigenvalue weighted by Gasteiger charge is 2.60. The molecule has 1 heterocycles. The van der Waals surface area contributed by atoms with Crippen LogP contribution in [0.15, 0.2) is 24.4 Å². The van der Waals surface area contributed by atoms with E-state index in [1.54, 1.807) is 6.20 Å². The molecule has 2 aromatic rings. The first kappa shape index (κ1) is 19.0. The van der Waals surface area contributed by atoms with Crippen molar-refractivity contribution >= 4 is 19.3 Å². The fourth-order valence-corrected chi connectivity index (χ4v) is 4.14. The van der Waals surface area contributed by atoms with Gasteiger partial charge in [0, 0.05) is 23.7 Å². The van der Waals surface area contributed by atoms with Gasteiger partial charge in [-0.15, -0.1) is 0 Å². The lowest BCUT2D eigenvalue weighted by molar-refractivity contribution is -0.157. The van der Waals surface area contributed by atoms with Gasteiger partial charge in [-0.3, -0.25) is 4.79 Å². The number of benzene rings is 1. The van der Waals surface area contributed by atoms with Gasteiger partial charge in [-0.05, 0) is 57.2 Å². The summed E-state index contributed by atoms with van der Waals surface area (Å²) >= 11 is 0. The van der Waals surface area contributed by atoms with Gasteiger partial charge in [0.1, 0.15) is 25.9 Å². The SMILES string of the molecule is Bc1cc(COc2cc3c(cn2)[C@H]2[C@@H](C3)[C@@H]2C(=O)OC(C)(C)C)c(F)cc1C. The Morgan fingerprint density at radius 3 is 2.79 bits per heavy atom. The minimum absolute atomic E-state index is 0.0510. The van der Waals surface area contributed by atoms with Gasteiger partial charge in [0.15, 0.2) is 0 Å². The minimum atomic E-state index is -0.462. The minimum Gasteiger partial charge on any atom is -0.473 e. The lowest BCUT2D eigenvalue weighted by Gasteiger charge is -2.20. The number of nitrogens with zero attached hydrogens (tertiary/aromatic N) is 1. The zero-order valence-electron chi connectivity index (χ0n) is 17.0. The summed E-state index contributed by atoms with van der Waals surface area (Å²) in [6, 6.07) is 5.28. The smallest absolute Gasteiger partial charge is 0.310 e. The van der Waals surface area contributed by atoms with Gasteiger partial charge in [-0.25, -0.2) is 9.37 Å². The maximum absolute atomic E-state index is 14.1. The van der Waals surface area contributed by atoms with Crippen LogP contribution >= 0.6 is 0 Å². The highest BCUT2D eigenvalue weighted by Crippen LogP contribution is 2.62. The molecule has 1 fully saturated rings. The molecular weight excluding hydrogens is 356 g/mol. The number of fused-ring (bicyclic) bond motifs is 3. The molecule has 0 radical (unpaired) electrons. The average Bonchev–Trinajstić information content (AvgIpc) is 3.18. The largest absolute Gasteiger partial charge is 0.473 e. The van der Waals surface area contributed by atoms with Gasteiger partial charge >= 0.3 is 5.97 Å². The molecule has 4 rings (SSSR count). The number of halogens is 1. The van der Waals surface area contributed by atoms with Crippen molar-refractivity contribution in [1.82, 2.24) is 4.98 Å². The van der Waals surface area contributed by atoms with Crippen molar-refractivity contribution in [2.24, 2.45) is 11.8 Å². The van der Waals surface area contributed by atoms with Crippen LogP contribution in [0, 0.1) is 24.6 Å². The molecule has 4 nitrogen and oxygen atoms in total. The summed E-state index contributed by atoms with van der Waals surface area (Å²) in [5.74, 6) is 0.587. The van der Waals surface area contributed by atoms with Crippen LogP contribution in [0.5, 0.6) is 5.88 Å². The first-order valence-electron chi connectivity index (χ1n) is 9.74. The molecule has 28 heavy (non-hydrogen) atoms. The second-order valence-corrected chi connectivity index (χ2v) is 8.99. The van der Waals surface area contributed by atoms with Gasteiger partial charge in [0.05, 0.1) is 5.92 Å². The fraction of sp³-hybridized carbons (Fsp3) is 0.455. The zero-order valence-corrected chi connectivity index (χ0v) is 17.0. The van der Waals surface area contributed by atoms with Crippen LogP contribution in [0.3, 0.4) is 0 Å². The van der Waals surface area contributed by atoms with Crippen LogP contribution < -0.4 is 10.2 Å². The zero-order chi connectivity index (χ0) is 20.2. The van der Waals surface area contributed by atoms with Crippen molar-refractivity contribution in [2.75, 3.05) is 0 Å². The van der Waals surface area contributed by atoms with Crippen LogP contribution in [0.1, 0.15) is 48.9 Å². The molecule has 0 aliphatic heterocycles. The van der Waals surface area contributed by atoms with Crippen molar-refractivity contribution in [3.8, 4) is 5.88 Å². The standard InChI is InChI=1S/C22H25BFNO3/c1-11-5-17(24)13(7-16(11)23)10-27-18-8-12-6-14-19(15(12)9-25-18)20(14)21(26)28-22(2,3)4/h5,7-9,14,19-20H,6,10,23H2,1-4H3/t14-,19-,20+/m1/s1. The molecule has 2 aliphatic rings. The molecule has 0 bridgehead atoms. The Bertz CT molecular complexity index is 954. The lowest BCUT2D eigenvalue weighted by atomic mass is 9.89. The Morgan fingerprint density at radius 1 is 1.32 bits per heavy atom.